The maximum absolute atomic E-state index is 11.7. The van der Waals surface area contributed by atoms with E-state index in [2.05, 4.69) is 29.1 Å². The number of hydrogen-bond acceptors (Lipinski definition) is 3. The van der Waals surface area contributed by atoms with E-state index in [-0.39, 0.29) is 11.9 Å². The third kappa shape index (κ3) is 4.93. The highest BCUT2D eigenvalue weighted by Gasteiger charge is 2.17. The number of amides is 1. The van der Waals surface area contributed by atoms with Crippen molar-refractivity contribution in [3.05, 3.63) is 85.2 Å². The van der Waals surface area contributed by atoms with Gasteiger partial charge in [0.2, 0.25) is 5.91 Å². The number of allylic oxidation sites excluding steroid dienone is 1. The van der Waals surface area contributed by atoms with Crippen molar-refractivity contribution in [2.75, 3.05) is 6.61 Å². The van der Waals surface area contributed by atoms with E-state index in [4.69, 9.17) is 9.72 Å². The molecular weight excluding hydrogens is 362 g/mol. The van der Waals surface area contributed by atoms with E-state index in [1.165, 1.54) is 6.08 Å². The Morgan fingerprint density at radius 1 is 1.21 bits per heavy atom. The minimum atomic E-state index is -0.220. The van der Waals surface area contributed by atoms with Gasteiger partial charge in [-0.25, -0.2) is 4.98 Å². The van der Waals surface area contributed by atoms with Gasteiger partial charge in [-0.1, -0.05) is 43.0 Å². The summed E-state index contributed by atoms with van der Waals surface area (Å²) in [6, 6.07) is 15.8. The van der Waals surface area contributed by atoms with Crippen LogP contribution in [0.25, 0.3) is 11.0 Å². The van der Waals surface area contributed by atoms with Gasteiger partial charge in [0.15, 0.2) is 0 Å². The second-order valence-electron chi connectivity index (χ2n) is 6.85. The molecule has 0 aliphatic heterocycles. The molecule has 0 saturated carbocycles. The molecule has 5 nitrogen and oxygen atoms in total. The van der Waals surface area contributed by atoms with Crippen molar-refractivity contribution < 1.29 is 9.53 Å². The first-order valence-corrected chi connectivity index (χ1v) is 9.83. The number of carbonyl (C=O) groups is 1. The normalized spacial score (nSPS) is 11.8. The van der Waals surface area contributed by atoms with Gasteiger partial charge in [0.25, 0.3) is 0 Å². The second kappa shape index (κ2) is 9.73. The van der Waals surface area contributed by atoms with Crippen LogP contribution < -0.4 is 10.1 Å². The Balaban J connectivity index is 1.72. The first-order valence-electron chi connectivity index (χ1n) is 9.83. The predicted molar refractivity (Wildman–Crippen MR) is 117 cm³/mol. The van der Waals surface area contributed by atoms with Crippen LogP contribution in [0.4, 0.5) is 0 Å². The summed E-state index contributed by atoms with van der Waals surface area (Å²) in [5.74, 6) is 1.52. The highest BCUT2D eigenvalue weighted by Crippen LogP contribution is 2.22. The van der Waals surface area contributed by atoms with Crippen molar-refractivity contribution >= 4 is 16.9 Å². The third-order valence-electron chi connectivity index (χ3n) is 4.74. The molecule has 150 valence electrons. The lowest BCUT2D eigenvalue weighted by Gasteiger charge is -2.16. The molecule has 5 heteroatoms. The van der Waals surface area contributed by atoms with E-state index in [1.54, 1.807) is 0 Å². The van der Waals surface area contributed by atoms with E-state index in [0.29, 0.717) is 6.61 Å². The summed E-state index contributed by atoms with van der Waals surface area (Å²) in [5, 5.41) is 2.90. The lowest BCUT2D eigenvalue weighted by atomic mass is 10.1. The Kier molecular flexibility index (Phi) is 6.85. The maximum atomic E-state index is 11.7. The molecule has 0 fully saturated rings. The molecule has 0 spiro atoms. The number of para-hydroxylation sites is 3. The molecule has 0 aliphatic rings. The molecule has 3 aromatic rings. The Bertz CT molecular complexity index is 1010. The average Bonchev–Trinajstić information content (AvgIpc) is 3.11. The van der Waals surface area contributed by atoms with Gasteiger partial charge in [-0.15, -0.1) is 6.58 Å². The maximum Gasteiger partial charge on any atom is 0.243 e. The second-order valence-corrected chi connectivity index (χ2v) is 6.85. The fourth-order valence-electron chi connectivity index (χ4n) is 3.37. The number of benzene rings is 2. The number of nitrogens with one attached hydrogen (secondary N) is 1. The van der Waals surface area contributed by atoms with Crippen molar-refractivity contribution in [1.29, 1.82) is 0 Å². The van der Waals surface area contributed by atoms with E-state index >= 15 is 0 Å². The molecule has 1 amide bonds. The molecule has 1 atom stereocenters. The van der Waals surface area contributed by atoms with Crippen molar-refractivity contribution in [2.24, 2.45) is 0 Å². The lowest BCUT2D eigenvalue weighted by molar-refractivity contribution is -0.117. The van der Waals surface area contributed by atoms with Gasteiger partial charge >= 0.3 is 0 Å². The number of aryl methyl sites for hydroxylation is 1. The molecule has 1 aromatic heterocycles. The standard InChI is InChI=1S/C24H27N3O2/c1-4-11-19-12-6-9-15-22(19)29-17-10-16-27-21-14-8-7-13-20(21)26-24(27)18(3)25-23(28)5-2/h4-9,12-15,18H,1-2,10-11,16-17H2,3H3,(H,25,28). The van der Waals surface area contributed by atoms with Crippen molar-refractivity contribution in [3.8, 4) is 5.75 Å². The molecule has 1 N–H and O–H groups in total. The van der Waals surface area contributed by atoms with Crippen molar-refractivity contribution in [1.82, 2.24) is 14.9 Å². The number of imidazole rings is 1. The predicted octanol–water partition coefficient (Wildman–Crippen LogP) is 4.60. The summed E-state index contributed by atoms with van der Waals surface area (Å²) < 4.78 is 8.17. The van der Waals surface area contributed by atoms with Crippen LogP contribution in [0.15, 0.2) is 73.8 Å². The summed E-state index contributed by atoms with van der Waals surface area (Å²) in [6.07, 6.45) is 4.76. The summed E-state index contributed by atoms with van der Waals surface area (Å²) >= 11 is 0. The number of nitrogens with zero attached hydrogens (tertiary/aromatic N) is 2. The summed E-state index contributed by atoms with van der Waals surface area (Å²) in [5.41, 5.74) is 3.10. The topological polar surface area (TPSA) is 56.1 Å². The molecule has 0 aliphatic carbocycles. The van der Waals surface area contributed by atoms with Crippen LogP contribution in [0.1, 0.15) is 30.8 Å². The third-order valence-corrected chi connectivity index (χ3v) is 4.74. The van der Waals surface area contributed by atoms with Gasteiger partial charge in [0.05, 0.1) is 23.7 Å². The smallest absolute Gasteiger partial charge is 0.243 e. The van der Waals surface area contributed by atoms with E-state index in [0.717, 1.165) is 47.6 Å². The van der Waals surface area contributed by atoms with E-state index in [1.807, 2.05) is 55.5 Å². The number of rotatable bonds is 10. The molecule has 0 radical (unpaired) electrons. The summed E-state index contributed by atoms with van der Waals surface area (Å²) in [7, 11) is 0. The van der Waals surface area contributed by atoms with Gasteiger partial charge in [-0.05, 0) is 49.6 Å². The fourth-order valence-corrected chi connectivity index (χ4v) is 3.37. The molecule has 2 aromatic carbocycles. The highest BCUT2D eigenvalue weighted by atomic mass is 16.5. The Morgan fingerprint density at radius 3 is 2.76 bits per heavy atom. The molecule has 29 heavy (non-hydrogen) atoms. The van der Waals surface area contributed by atoms with Crippen LogP contribution in [0.5, 0.6) is 5.75 Å². The van der Waals surface area contributed by atoms with E-state index < -0.39 is 0 Å². The van der Waals surface area contributed by atoms with Crippen LogP contribution in [-0.2, 0) is 17.8 Å². The number of ether oxygens (including phenoxy) is 1. The van der Waals surface area contributed by atoms with Gasteiger partial charge in [-0.3, -0.25) is 4.79 Å². The molecule has 0 saturated heterocycles. The number of hydrogen-bond donors (Lipinski definition) is 1. The van der Waals surface area contributed by atoms with Gasteiger partial charge in [0, 0.05) is 6.54 Å². The number of aromatic nitrogens is 2. The Morgan fingerprint density at radius 2 is 1.97 bits per heavy atom. The van der Waals surface area contributed by atoms with E-state index in [9.17, 15) is 4.79 Å². The lowest BCUT2D eigenvalue weighted by Crippen LogP contribution is -2.27. The number of fused-ring (bicyclic) bond motifs is 1. The highest BCUT2D eigenvalue weighted by molar-refractivity contribution is 5.87. The fraction of sp³-hybridized carbons (Fsp3) is 0.250. The molecule has 1 unspecified atom stereocenters. The molecule has 0 bridgehead atoms. The molecule has 1 heterocycles. The molecular formula is C24H27N3O2. The minimum absolute atomic E-state index is 0.210. The molecule has 3 rings (SSSR count). The Labute approximate surface area is 171 Å². The van der Waals surface area contributed by atoms with Crippen LogP contribution in [0.3, 0.4) is 0 Å². The van der Waals surface area contributed by atoms with Crippen LogP contribution in [-0.4, -0.2) is 22.1 Å². The zero-order valence-electron chi connectivity index (χ0n) is 16.8. The Hall–Kier alpha value is -3.34. The largest absolute Gasteiger partial charge is 0.493 e. The zero-order chi connectivity index (χ0) is 20.6. The van der Waals surface area contributed by atoms with Crippen LogP contribution >= 0.6 is 0 Å². The average molecular weight is 389 g/mol. The zero-order valence-corrected chi connectivity index (χ0v) is 16.8. The minimum Gasteiger partial charge on any atom is -0.493 e. The van der Waals surface area contributed by atoms with Crippen LogP contribution in [0.2, 0.25) is 0 Å². The quantitative estimate of drug-likeness (QED) is 0.313. The SMILES string of the molecule is C=CCc1ccccc1OCCCn1c(C(C)NC(=O)C=C)nc2ccccc21. The van der Waals surface area contributed by atoms with Crippen LogP contribution in [0, 0.1) is 0 Å². The van der Waals surface area contributed by atoms with Gasteiger partial charge in [-0.2, -0.15) is 0 Å². The first-order chi connectivity index (χ1) is 14.1. The first kappa shape index (κ1) is 20.4. The number of carbonyl (C=O) groups excluding carboxylic acids is 1. The van der Waals surface area contributed by atoms with Gasteiger partial charge < -0.3 is 14.6 Å². The van der Waals surface area contributed by atoms with Crippen molar-refractivity contribution in [2.45, 2.75) is 32.4 Å². The van der Waals surface area contributed by atoms with Crippen molar-refractivity contribution in [3.63, 3.8) is 0 Å². The monoisotopic (exact) mass is 389 g/mol. The summed E-state index contributed by atoms with van der Waals surface area (Å²) in [6.45, 7) is 10.6. The summed E-state index contributed by atoms with van der Waals surface area (Å²) in [4.78, 5) is 16.5. The van der Waals surface area contributed by atoms with Gasteiger partial charge in [0.1, 0.15) is 11.6 Å².